The van der Waals surface area contributed by atoms with Crippen molar-refractivity contribution in [2.24, 2.45) is 0 Å². The highest BCUT2D eigenvalue weighted by Crippen LogP contribution is 2.23. The van der Waals surface area contributed by atoms with Gasteiger partial charge in [-0.25, -0.2) is 4.79 Å². The van der Waals surface area contributed by atoms with Gasteiger partial charge < -0.3 is 14.0 Å². The number of aromatic nitrogens is 1. The van der Waals surface area contributed by atoms with Crippen molar-refractivity contribution in [2.45, 2.75) is 13.0 Å². The number of hydrogen-bond acceptors (Lipinski definition) is 5. The topological polar surface area (TPSA) is 81.3 Å². The van der Waals surface area contributed by atoms with Crippen LogP contribution in [0.2, 0.25) is 0 Å². The van der Waals surface area contributed by atoms with Gasteiger partial charge in [0.2, 0.25) is 5.78 Å². The predicted molar refractivity (Wildman–Crippen MR) is 99.8 cm³/mol. The van der Waals surface area contributed by atoms with E-state index in [4.69, 9.17) is 14.7 Å². The van der Waals surface area contributed by atoms with Gasteiger partial charge in [0.15, 0.2) is 6.61 Å². The number of hydrogen-bond donors (Lipinski definition) is 0. The lowest BCUT2D eigenvalue weighted by molar-refractivity contribution is 0.0594. The molecule has 3 rings (SSSR count). The van der Waals surface area contributed by atoms with Gasteiger partial charge in [0.1, 0.15) is 11.3 Å². The molecule has 2 aromatic carbocycles. The molecule has 0 unspecified atom stereocenters. The Labute approximate surface area is 156 Å². The molecular formula is C21H18N2O4. The number of carbonyl (C=O) groups excluding carboxylic acids is 2. The zero-order chi connectivity index (χ0) is 19.2. The fraction of sp³-hybridized carbons (Fsp3) is 0.190. The minimum absolute atomic E-state index is 0.207. The molecule has 0 aliphatic rings. The molecule has 3 aromatic rings. The molecule has 1 aromatic heterocycles. The molecular weight excluding hydrogens is 344 g/mol. The molecule has 0 aliphatic carbocycles. The number of carbonyl (C=O) groups is 2. The summed E-state index contributed by atoms with van der Waals surface area (Å²) in [7, 11) is 1.29. The van der Waals surface area contributed by atoms with E-state index in [1.165, 1.54) is 7.11 Å². The molecule has 6 nitrogen and oxygen atoms in total. The van der Waals surface area contributed by atoms with E-state index in [-0.39, 0.29) is 18.0 Å². The lowest BCUT2D eigenvalue weighted by Crippen LogP contribution is -2.13. The summed E-state index contributed by atoms with van der Waals surface area (Å²) in [6.45, 7) is 0.302. The van der Waals surface area contributed by atoms with Gasteiger partial charge >= 0.3 is 5.97 Å². The molecule has 0 radical (unpaired) electrons. The fourth-order valence-corrected chi connectivity index (χ4v) is 2.92. The fourth-order valence-electron chi connectivity index (χ4n) is 2.92. The first kappa shape index (κ1) is 18.2. The van der Waals surface area contributed by atoms with Gasteiger partial charge in [-0.15, -0.1) is 0 Å². The molecule has 0 atom stereocenters. The Bertz CT molecular complexity index is 1030. The van der Waals surface area contributed by atoms with E-state index in [2.05, 4.69) is 6.07 Å². The Morgan fingerprint density at radius 2 is 1.81 bits per heavy atom. The van der Waals surface area contributed by atoms with Crippen LogP contribution < -0.4 is 4.74 Å². The van der Waals surface area contributed by atoms with Crippen LogP contribution in [0.25, 0.3) is 10.9 Å². The zero-order valence-corrected chi connectivity index (χ0v) is 14.8. The molecule has 27 heavy (non-hydrogen) atoms. The van der Waals surface area contributed by atoms with Crippen LogP contribution in [0.4, 0.5) is 0 Å². The summed E-state index contributed by atoms with van der Waals surface area (Å²) in [6, 6.07) is 16.3. The molecule has 1 heterocycles. The first-order valence-corrected chi connectivity index (χ1v) is 8.44. The van der Waals surface area contributed by atoms with Gasteiger partial charge in [0, 0.05) is 29.2 Å². The number of fused-ring (bicyclic) bond motifs is 1. The van der Waals surface area contributed by atoms with Crippen LogP contribution in [0.1, 0.15) is 27.1 Å². The van der Waals surface area contributed by atoms with Gasteiger partial charge in [-0.3, -0.25) is 4.79 Å². The summed E-state index contributed by atoms with van der Waals surface area (Å²) in [5, 5.41) is 9.64. The number of aryl methyl sites for hydroxylation is 1. The van der Waals surface area contributed by atoms with Crippen LogP contribution in [-0.2, 0) is 11.3 Å². The zero-order valence-electron chi connectivity index (χ0n) is 14.8. The van der Waals surface area contributed by atoms with Crippen molar-refractivity contribution >= 4 is 22.7 Å². The van der Waals surface area contributed by atoms with Crippen molar-refractivity contribution in [1.29, 1.82) is 5.26 Å². The molecule has 0 spiro atoms. The Balaban J connectivity index is 1.84. The summed E-state index contributed by atoms with van der Waals surface area (Å²) >= 11 is 0. The van der Waals surface area contributed by atoms with Crippen molar-refractivity contribution in [3.8, 4) is 11.8 Å². The van der Waals surface area contributed by atoms with E-state index >= 15 is 0 Å². The van der Waals surface area contributed by atoms with E-state index in [0.29, 0.717) is 24.3 Å². The third-order valence-corrected chi connectivity index (χ3v) is 4.20. The summed E-state index contributed by atoms with van der Waals surface area (Å²) in [5.41, 5.74) is 1.69. The lowest BCUT2D eigenvalue weighted by Gasteiger charge is -2.09. The van der Waals surface area contributed by atoms with E-state index < -0.39 is 5.97 Å². The molecule has 0 N–H and O–H groups in total. The Kier molecular flexibility index (Phi) is 5.53. The van der Waals surface area contributed by atoms with Gasteiger partial charge in [-0.1, -0.05) is 30.3 Å². The number of ether oxygens (including phenoxy) is 2. The van der Waals surface area contributed by atoms with Crippen LogP contribution in [-0.4, -0.2) is 30.0 Å². The van der Waals surface area contributed by atoms with Crippen molar-refractivity contribution < 1.29 is 19.1 Å². The van der Waals surface area contributed by atoms with Gasteiger partial charge in [0.25, 0.3) is 0 Å². The van der Waals surface area contributed by atoms with Crippen LogP contribution in [0.15, 0.2) is 54.7 Å². The van der Waals surface area contributed by atoms with Gasteiger partial charge in [-0.05, 0) is 18.2 Å². The molecule has 0 amide bonds. The van der Waals surface area contributed by atoms with Crippen LogP contribution in [0.5, 0.6) is 5.75 Å². The third kappa shape index (κ3) is 3.82. The quantitative estimate of drug-likeness (QED) is 0.474. The highest BCUT2D eigenvalue weighted by molar-refractivity contribution is 6.08. The smallest absolute Gasteiger partial charge is 0.341 e. The largest absolute Gasteiger partial charge is 0.485 e. The summed E-state index contributed by atoms with van der Waals surface area (Å²) in [4.78, 5) is 24.6. The molecule has 0 saturated heterocycles. The van der Waals surface area contributed by atoms with Crippen molar-refractivity contribution in [2.75, 3.05) is 13.7 Å². The van der Waals surface area contributed by atoms with E-state index in [9.17, 15) is 9.59 Å². The maximum absolute atomic E-state index is 12.8. The number of rotatable bonds is 7. The number of methoxy groups -OCH3 is 1. The SMILES string of the molecule is COC(=O)c1ccccc1OCC(=O)c1cn(CCC#N)c2ccccc12. The number of esters is 1. The normalized spacial score (nSPS) is 10.4. The van der Waals surface area contributed by atoms with Gasteiger partial charge in [-0.2, -0.15) is 5.26 Å². The summed E-state index contributed by atoms with van der Waals surface area (Å²) in [6.07, 6.45) is 2.11. The maximum Gasteiger partial charge on any atom is 0.341 e. The van der Waals surface area contributed by atoms with Crippen LogP contribution in [0.3, 0.4) is 0 Å². The Morgan fingerprint density at radius 1 is 1.07 bits per heavy atom. The second-order valence-corrected chi connectivity index (χ2v) is 5.86. The highest BCUT2D eigenvalue weighted by Gasteiger charge is 2.17. The van der Waals surface area contributed by atoms with Crippen LogP contribution in [0, 0.1) is 11.3 Å². The predicted octanol–water partition coefficient (Wildman–Crippen LogP) is 3.60. The second-order valence-electron chi connectivity index (χ2n) is 5.86. The lowest BCUT2D eigenvalue weighted by atomic mass is 10.1. The highest BCUT2D eigenvalue weighted by atomic mass is 16.5. The van der Waals surface area contributed by atoms with E-state index in [0.717, 1.165) is 10.9 Å². The van der Waals surface area contributed by atoms with Crippen molar-refractivity contribution in [3.05, 3.63) is 65.9 Å². The standard InChI is InChI=1S/C21H18N2O4/c1-26-21(25)16-8-3-5-10-20(16)27-14-19(24)17-13-23(12-6-11-22)18-9-4-2-7-15(17)18/h2-5,7-10,13H,6,12,14H2,1H3. The molecule has 136 valence electrons. The maximum atomic E-state index is 12.8. The minimum Gasteiger partial charge on any atom is -0.485 e. The molecule has 0 aliphatic heterocycles. The number of nitrogens with zero attached hydrogens (tertiary/aromatic N) is 2. The Morgan fingerprint density at radius 3 is 2.59 bits per heavy atom. The minimum atomic E-state index is -0.522. The first-order chi connectivity index (χ1) is 13.2. The third-order valence-electron chi connectivity index (χ3n) is 4.20. The average Bonchev–Trinajstić information content (AvgIpc) is 3.09. The molecule has 0 saturated carbocycles. The average molecular weight is 362 g/mol. The summed E-state index contributed by atoms with van der Waals surface area (Å²) < 4.78 is 12.2. The first-order valence-electron chi connectivity index (χ1n) is 8.44. The van der Waals surface area contributed by atoms with E-state index in [1.54, 1.807) is 30.5 Å². The number of Topliss-reactive ketones (excluding diaryl/α,β-unsaturated/α-hetero) is 1. The van der Waals surface area contributed by atoms with Crippen molar-refractivity contribution in [1.82, 2.24) is 4.57 Å². The molecule has 0 fully saturated rings. The number of nitriles is 1. The number of para-hydroxylation sites is 2. The number of ketones is 1. The summed E-state index contributed by atoms with van der Waals surface area (Å²) in [5.74, 6) is -0.432. The van der Waals surface area contributed by atoms with Gasteiger partial charge in [0.05, 0.1) is 19.6 Å². The van der Waals surface area contributed by atoms with Crippen molar-refractivity contribution in [3.63, 3.8) is 0 Å². The van der Waals surface area contributed by atoms with Crippen LogP contribution >= 0.6 is 0 Å². The Hall–Kier alpha value is -3.59. The molecule has 0 bridgehead atoms. The van der Waals surface area contributed by atoms with E-state index in [1.807, 2.05) is 28.8 Å². The number of benzene rings is 2. The second kappa shape index (κ2) is 8.19. The monoisotopic (exact) mass is 362 g/mol. The molecule has 6 heteroatoms.